The summed E-state index contributed by atoms with van der Waals surface area (Å²) < 4.78 is 5.83. The van der Waals surface area contributed by atoms with E-state index in [0.29, 0.717) is 0 Å². The van der Waals surface area contributed by atoms with Crippen molar-refractivity contribution in [2.75, 3.05) is 7.05 Å². The number of nitrogens with one attached hydrogen (secondary N) is 1. The molecule has 3 heteroatoms. The number of nitrogens with zero attached hydrogens (tertiary/aromatic N) is 1. The molecule has 0 spiro atoms. The van der Waals surface area contributed by atoms with E-state index in [1.807, 2.05) is 37.4 Å². The molecule has 17 heavy (non-hydrogen) atoms. The molecule has 0 aliphatic carbocycles. The maximum absolute atomic E-state index is 5.83. The zero-order valence-corrected chi connectivity index (χ0v) is 10.1. The highest BCUT2D eigenvalue weighted by Crippen LogP contribution is 2.28. The van der Waals surface area contributed by atoms with Crippen molar-refractivity contribution < 1.29 is 4.74 Å². The van der Waals surface area contributed by atoms with Crippen LogP contribution in [0.15, 0.2) is 48.8 Å². The lowest BCUT2D eigenvalue weighted by atomic mass is 10.1. The lowest BCUT2D eigenvalue weighted by Gasteiger charge is -2.15. The van der Waals surface area contributed by atoms with Crippen molar-refractivity contribution in [3.63, 3.8) is 0 Å². The number of ether oxygens (including phenoxy) is 1. The zero-order valence-electron chi connectivity index (χ0n) is 10.1. The van der Waals surface area contributed by atoms with E-state index < -0.39 is 0 Å². The van der Waals surface area contributed by atoms with Crippen LogP contribution in [0, 0.1) is 0 Å². The molecule has 0 radical (unpaired) electrons. The fraction of sp³-hybridized carbons (Fsp3) is 0.214. The lowest BCUT2D eigenvalue weighted by molar-refractivity contribution is 0.464. The van der Waals surface area contributed by atoms with E-state index in [1.165, 1.54) is 0 Å². The summed E-state index contributed by atoms with van der Waals surface area (Å²) in [4.78, 5) is 4.03. The molecule has 3 nitrogen and oxygen atoms in total. The van der Waals surface area contributed by atoms with Gasteiger partial charge in [0, 0.05) is 17.8 Å². The van der Waals surface area contributed by atoms with Gasteiger partial charge in [0.1, 0.15) is 11.5 Å². The minimum atomic E-state index is 0.253. The van der Waals surface area contributed by atoms with Gasteiger partial charge in [0.2, 0.25) is 0 Å². The minimum Gasteiger partial charge on any atom is -0.455 e. The molecule has 2 rings (SSSR count). The van der Waals surface area contributed by atoms with Crippen LogP contribution in [0.2, 0.25) is 0 Å². The zero-order chi connectivity index (χ0) is 12.1. The molecular formula is C14H16N2O. The first kappa shape index (κ1) is 11.6. The van der Waals surface area contributed by atoms with E-state index in [0.717, 1.165) is 17.1 Å². The average molecular weight is 228 g/mol. The van der Waals surface area contributed by atoms with Crippen molar-refractivity contribution in [3.8, 4) is 11.5 Å². The maximum atomic E-state index is 5.83. The van der Waals surface area contributed by atoms with Gasteiger partial charge >= 0.3 is 0 Å². The number of hydrogen-bond acceptors (Lipinski definition) is 3. The summed E-state index contributed by atoms with van der Waals surface area (Å²) in [5, 5.41) is 3.21. The Morgan fingerprint density at radius 1 is 1.18 bits per heavy atom. The Morgan fingerprint density at radius 2 is 2.00 bits per heavy atom. The number of pyridine rings is 1. The Balaban J connectivity index is 2.27. The van der Waals surface area contributed by atoms with Gasteiger partial charge in [0.15, 0.2) is 0 Å². The minimum absolute atomic E-state index is 0.253. The molecule has 0 bridgehead atoms. The van der Waals surface area contributed by atoms with Gasteiger partial charge in [-0.05, 0) is 32.2 Å². The lowest BCUT2D eigenvalue weighted by Crippen LogP contribution is -2.13. The van der Waals surface area contributed by atoms with E-state index in [9.17, 15) is 0 Å². The third-order valence-electron chi connectivity index (χ3n) is 2.68. The van der Waals surface area contributed by atoms with Crippen LogP contribution in [0.3, 0.4) is 0 Å². The monoisotopic (exact) mass is 228 g/mol. The molecule has 88 valence electrons. The predicted molar refractivity (Wildman–Crippen MR) is 68.2 cm³/mol. The molecule has 0 amide bonds. The Bertz CT molecular complexity index is 471. The molecule has 0 aliphatic rings. The van der Waals surface area contributed by atoms with Gasteiger partial charge < -0.3 is 10.1 Å². The molecular weight excluding hydrogens is 212 g/mol. The standard InChI is InChI=1S/C14H16N2O/c1-11(15-2)13-7-3-4-8-14(13)17-12-6-5-9-16-10-12/h3-11,15H,1-2H3. The molecule has 1 atom stereocenters. The van der Waals surface area contributed by atoms with Crippen molar-refractivity contribution in [1.29, 1.82) is 0 Å². The second-order valence-electron chi connectivity index (χ2n) is 3.84. The summed E-state index contributed by atoms with van der Waals surface area (Å²) in [5.74, 6) is 1.62. The average Bonchev–Trinajstić information content (AvgIpc) is 2.40. The molecule has 1 heterocycles. The summed E-state index contributed by atoms with van der Waals surface area (Å²) in [6.45, 7) is 2.10. The van der Waals surface area contributed by atoms with Crippen molar-refractivity contribution >= 4 is 0 Å². The van der Waals surface area contributed by atoms with Crippen molar-refractivity contribution in [2.45, 2.75) is 13.0 Å². The first-order valence-electron chi connectivity index (χ1n) is 5.65. The van der Waals surface area contributed by atoms with Crippen LogP contribution in [0.25, 0.3) is 0 Å². The van der Waals surface area contributed by atoms with Gasteiger partial charge in [-0.15, -0.1) is 0 Å². The first-order chi connectivity index (χ1) is 8.31. The van der Waals surface area contributed by atoms with Gasteiger partial charge in [-0.3, -0.25) is 4.98 Å². The molecule has 1 N–H and O–H groups in total. The molecule has 1 aromatic carbocycles. The maximum Gasteiger partial charge on any atom is 0.145 e. The molecule has 1 unspecified atom stereocenters. The number of rotatable bonds is 4. The Hall–Kier alpha value is -1.87. The van der Waals surface area contributed by atoms with E-state index in [2.05, 4.69) is 23.3 Å². The van der Waals surface area contributed by atoms with E-state index >= 15 is 0 Å². The Morgan fingerprint density at radius 3 is 2.71 bits per heavy atom. The highest BCUT2D eigenvalue weighted by molar-refractivity contribution is 5.38. The molecule has 0 aliphatic heterocycles. The topological polar surface area (TPSA) is 34.1 Å². The smallest absolute Gasteiger partial charge is 0.145 e. The normalized spacial score (nSPS) is 12.1. The van der Waals surface area contributed by atoms with Crippen LogP contribution >= 0.6 is 0 Å². The highest BCUT2D eigenvalue weighted by Gasteiger charge is 2.09. The van der Waals surface area contributed by atoms with Crippen LogP contribution in [0.5, 0.6) is 11.5 Å². The van der Waals surface area contributed by atoms with Crippen LogP contribution < -0.4 is 10.1 Å². The third-order valence-corrected chi connectivity index (χ3v) is 2.68. The summed E-state index contributed by atoms with van der Waals surface area (Å²) in [6.07, 6.45) is 3.44. The third kappa shape index (κ3) is 2.82. The predicted octanol–water partition coefficient (Wildman–Crippen LogP) is 3.15. The number of benzene rings is 1. The van der Waals surface area contributed by atoms with Gasteiger partial charge in [-0.2, -0.15) is 0 Å². The fourth-order valence-electron chi connectivity index (χ4n) is 1.62. The quantitative estimate of drug-likeness (QED) is 0.872. The fourth-order valence-corrected chi connectivity index (χ4v) is 1.62. The largest absolute Gasteiger partial charge is 0.455 e. The van der Waals surface area contributed by atoms with Crippen LogP contribution in [0.4, 0.5) is 0 Å². The summed E-state index contributed by atoms with van der Waals surface area (Å²) in [5.41, 5.74) is 1.14. The van der Waals surface area contributed by atoms with Crippen LogP contribution in [0.1, 0.15) is 18.5 Å². The Labute approximate surface area is 101 Å². The summed E-state index contributed by atoms with van der Waals surface area (Å²) >= 11 is 0. The molecule has 1 aromatic heterocycles. The van der Waals surface area contributed by atoms with Gasteiger partial charge in [0.25, 0.3) is 0 Å². The molecule has 0 fully saturated rings. The summed E-state index contributed by atoms with van der Waals surface area (Å²) in [7, 11) is 1.94. The van der Waals surface area contributed by atoms with E-state index in [4.69, 9.17) is 4.74 Å². The molecule has 2 aromatic rings. The van der Waals surface area contributed by atoms with Gasteiger partial charge in [0.05, 0.1) is 6.20 Å². The van der Waals surface area contributed by atoms with Gasteiger partial charge in [-0.25, -0.2) is 0 Å². The van der Waals surface area contributed by atoms with Crippen molar-refractivity contribution in [2.24, 2.45) is 0 Å². The number of hydrogen-bond donors (Lipinski definition) is 1. The van der Waals surface area contributed by atoms with Crippen molar-refractivity contribution in [1.82, 2.24) is 10.3 Å². The number of para-hydroxylation sites is 1. The highest BCUT2D eigenvalue weighted by atomic mass is 16.5. The second-order valence-corrected chi connectivity index (χ2v) is 3.84. The Kier molecular flexibility index (Phi) is 3.73. The van der Waals surface area contributed by atoms with E-state index in [1.54, 1.807) is 12.4 Å². The second kappa shape index (κ2) is 5.46. The van der Waals surface area contributed by atoms with Crippen LogP contribution in [-0.2, 0) is 0 Å². The summed E-state index contributed by atoms with van der Waals surface area (Å²) in [6, 6.07) is 12.0. The SMILES string of the molecule is CNC(C)c1ccccc1Oc1cccnc1. The van der Waals surface area contributed by atoms with Gasteiger partial charge in [-0.1, -0.05) is 18.2 Å². The molecule has 0 saturated carbocycles. The molecule has 0 saturated heterocycles. The van der Waals surface area contributed by atoms with E-state index in [-0.39, 0.29) is 6.04 Å². The van der Waals surface area contributed by atoms with Crippen molar-refractivity contribution in [3.05, 3.63) is 54.4 Å². The first-order valence-corrected chi connectivity index (χ1v) is 5.65. The van der Waals surface area contributed by atoms with Crippen LogP contribution in [-0.4, -0.2) is 12.0 Å². The number of aromatic nitrogens is 1.